The van der Waals surface area contributed by atoms with Crippen molar-refractivity contribution >= 4 is 34.4 Å². The Balaban J connectivity index is 1.51. The number of amidine groups is 1. The molecule has 2 aromatic carbocycles. The predicted molar refractivity (Wildman–Crippen MR) is 111 cm³/mol. The fourth-order valence-electron chi connectivity index (χ4n) is 2.87. The van der Waals surface area contributed by atoms with Crippen molar-refractivity contribution in [2.75, 3.05) is 11.9 Å². The molecule has 2 aromatic rings. The molecule has 1 heterocycles. The molecule has 0 aliphatic carbocycles. The van der Waals surface area contributed by atoms with Gasteiger partial charge < -0.3 is 10.6 Å². The molecule has 0 bridgehead atoms. The van der Waals surface area contributed by atoms with Crippen molar-refractivity contribution < 1.29 is 9.59 Å². The van der Waals surface area contributed by atoms with E-state index in [4.69, 9.17) is 0 Å². The number of aliphatic imine (C=N–C) groups is 1. The average molecular weight is 382 g/mol. The Hall–Kier alpha value is -2.60. The van der Waals surface area contributed by atoms with Crippen LogP contribution in [0.15, 0.2) is 53.5 Å². The van der Waals surface area contributed by atoms with Crippen LogP contribution in [0, 0.1) is 13.8 Å². The number of carbonyl (C=O) groups excluding carboxylic acids is 2. The lowest BCUT2D eigenvalue weighted by atomic mass is 10.1. The quantitative estimate of drug-likeness (QED) is 0.805. The van der Waals surface area contributed by atoms with Gasteiger partial charge in [0.15, 0.2) is 5.17 Å². The first-order valence-electron chi connectivity index (χ1n) is 8.94. The minimum Gasteiger partial charge on any atom is -0.326 e. The first-order chi connectivity index (χ1) is 13.0. The second-order valence-corrected chi connectivity index (χ2v) is 7.78. The maximum absolute atomic E-state index is 12.3. The van der Waals surface area contributed by atoms with Gasteiger partial charge in [-0.15, -0.1) is 0 Å². The van der Waals surface area contributed by atoms with Gasteiger partial charge in [-0.2, -0.15) is 0 Å². The number of hydrogen-bond acceptors (Lipinski definition) is 4. The molecule has 0 saturated carbocycles. The van der Waals surface area contributed by atoms with Crippen LogP contribution in [0.5, 0.6) is 0 Å². The number of amides is 2. The summed E-state index contributed by atoms with van der Waals surface area (Å²) in [7, 11) is 0. The summed E-state index contributed by atoms with van der Waals surface area (Å²) in [6.07, 6.45) is 0.945. The van der Waals surface area contributed by atoms with E-state index in [0.29, 0.717) is 11.7 Å². The number of carbonyl (C=O) groups is 2. The lowest BCUT2D eigenvalue weighted by Crippen LogP contribution is -2.28. The van der Waals surface area contributed by atoms with Gasteiger partial charge in [0.1, 0.15) is 5.25 Å². The van der Waals surface area contributed by atoms with Crippen molar-refractivity contribution in [2.45, 2.75) is 31.9 Å². The van der Waals surface area contributed by atoms with E-state index in [-0.39, 0.29) is 18.2 Å². The summed E-state index contributed by atoms with van der Waals surface area (Å²) in [5, 5.41) is 5.82. The van der Waals surface area contributed by atoms with Crippen LogP contribution in [0.2, 0.25) is 0 Å². The van der Waals surface area contributed by atoms with Gasteiger partial charge in [-0.3, -0.25) is 14.6 Å². The molecule has 1 aliphatic heterocycles. The molecule has 2 amide bonds. The van der Waals surface area contributed by atoms with Crippen LogP contribution < -0.4 is 10.6 Å². The van der Waals surface area contributed by atoms with Crippen molar-refractivity contribution in [3.05, 3.63) is 65.2 Å². The van der Waals surface area contributed by atoms with Gasteiger partial charge in [0.05, 0.1) is 0 Å². The van der Waals surface area contributed by atoms with E-state index in [9.17, 15) is 9.59 Å². The molecule has 1 saturated heterocycles. The van der Waals surface area contributed by atoms with E-state index in [1.54, 1.807) is 0 Å². The maximum Gasteiger partial charge on any atom is 0.240 e. The lowest BCUT2D eigenvalue weighted by molar-refractivity contribution is -0.122. The Morgan fingerprint density at radius 2 is 1.96 bits per heavy atom. The molecule has 0 radical (unpaired) electrons. The lowest BCUT2D eigenvalue weighted by Gasteiger charge is -2.10. The molecular formula is C21H23N3O2S. The molecular weight excluding hydrogens is 358 g/mol. The molecule has 5 nitrogen and oxygen atoms in total. The van der Waals surface area contributed by atoms with Crippen molar-refractivity contribution in [1.82, 2.24) is 5.32 Å². The number of thioether (sulfide) groups is 1. The molecule has 0 unspecified atom stereocenters. The third-order valence-electron chi connectivity index (χ3n) is 4.30. The number of nitrogens with one attached hydrogen (secondary N) is 2. The van der Waals surface area contributed by atoms with Crippen molar-refractivity contribution in [3.8, 4) is 0 Å². The standard InChI is InChI=1S/C21H23N3O2S/c1-14-8-9-17(15(2)12-14)23-19(25)13-18-20(26)24-21(27-18)22-11-10-16-6-4-3-5-7-16/h3-9,12,18H,10-11,13H2,1-2H3,(H,23,25)(H,22,24,26)/t18-/m1/s1. The third-order valence-corrected chi connectivity index (χ3v) is 5.42. The highest BCUT2D eigenvalue weighted by Crippen LogP contribution is 2.24. The van der Waals surface area contributed by atoms with Crippen molar-refractivity contribution in [1.29, 1.82) is 0 Å². The van der Waals surface area contributed by atoms with Gasteiger partial charge in [0.2, 0.25) is 11.8 Å². The van der Waals surface area contributed by atoms with E-state index >= 15 is 0 Å². The highest BCUT2D eigenvalue weighted by atomic mass is 32.2. The minimum atomic E-state index is -0.439. The summed E-state index contributed by atoms with van der Waals surface area (Å²) in [6.45, 7) is 4.57. The Bertz CT molecular complexity index is 865. The highest BCUT2D eigenvalue weighted by molar-refractivity contribution is 8.15. The largest absolute Gasteiger partial charge is 0.326 e. The molecule has 2 N–H and O–H groups in total. The molecule has 1 atom stereocenters. The van der Waals surface area contributed by atoms with Gasteiger partial charge in [0, 0.05) is 18.7 Å². The fraction of sp³-hybridized carbons (Fsp3) is 0.286. The summed E-state index contributed by atoms with van der Waals surface area (Å²) >= 11 is 1.33. The third kappa shape index (κ3) is 5.44. The number of rotatable bonds is 6. The van der Waals surface area contributed by atoms with Crippen LogP contribution in [0.3, 0.4) is 0 Å². The van der Waals surface area contributed by atoms with E-state index in [2.05, 4.69) is 27.8 Å². The van der Waals surface area contributed by atoms with Crippen molar-refractivity contribution in [2.24, 2.45) is 4.99 Å². The van der Waals surface area contributed by atoms with E-state index in [0.717, 1.165) is 23.2 Å². The summed E-state index contributed by atoms with van der Waals surface area (Å²) in [5.41, 5.74) is 4.15. The van der Waals surface area contributed by atoms with Gasteiger partial charge in [0.25, 0.3) is 0 Å². The molecule has 1 aliphatic rings. The summed E-state index contributed by atoms with van der Waals surface area (Å²) < 4.78 is 0. The molecule has 0 spiro atoms. The predicted octanol–water partition coefficient (Wildman–Crippen LogP) is 3.46. The zero-order valence-electron chi connectivity index (χ0n) is 15.5. The first kappa shape index (κ1) is 19.2. The highest BCUT2D eigenvalue weighted by Gasteiger charge is 2.32. The normalized spacial score (nSPS) is 17.8. The molecule has 1 fully saturated rings. The topological polar surface area (TPSA) is 70.6 Å². The van der Waals surface area contributed by atoms with Crippen LogP contribution in [0.25, 0.3) is 0 Å². The second-order valence-electron chi connectivity index (χ2n) is 6.59. The van der Waals surface area contributed by atoms with Crippen molar-refractivity contribution in [3.63, 3.8) is 0 Å². The van der Waals surface area contributed by atoms with E-state index in [1.165, 1.54) is 17.3 Å². The summed E-state index contributed by atoms with van der Waals surface area (Å²) in [6, 6.07) is 16.0. The summed E-state index contributed by atoms with van der Waals surface area (Å²) in [4.78, 5) is 28.9. The van der Waals surface area contributed by atoms with Gasteiger partial charge >= 0.3 is 0 Å². The fourth-order valence-corrected chi connectivity index (χ4v) is 3.86. The molecule has 3 rings (SSSR count). The van der Waals surface area contributed by atoms with Crippen LogP contribution in [0.1, 0.15) is 23.1 Å². The van der Waals surface area contributed by atoms with Gasteiger partial charge in [-0.05, 0) is 37.5 Å². The Morgan fingerprint density at radius 3 is 2.70 bits per heavy atom. The van der Waals surface area contributed by atoms with Crippen LogP contribution in [-0.4, -0.2) is 28.8 Å². The van der Waals surface area contributed by atoms with Gasteiger partial charge in [-0.1, -0.05) is 59.8 Å². The zero-order chi connectivity index (χ0) is 19.2. The Kier molecular flexibility index (Phi) is 6.29. The number of nitrogens with zero attached hydrogens (tertiary/aromatic N) is 1. The SMILES string of the molecule is Cc1ccc(NC(=O)C[C@H]2SC(=NCCc3ccccc3)NC2=O)c(C)c1. The maximum atomic E-state index is 12.3. The number of anilines is 1. The number of aryl methyl sites for hydroxylation is 2. The smallest absolute Gasteiger partial charge is 0.240 e. The number of hydrogen-bond donors (Lipinski definition) is 2. The van der Waals surface area contributed by atoms with Crippen LogP contribution in [-0.2, 0) is 16.0 Å². The minimum absolute atomic E-state index is 0.127. The Morgan fingerprint density at radius 1 is 1.19 bits per heavy atom. The average Bonchev–Trinajstić information content (AvgIpc) is 2.98. The van der Waals surface area contributed by atoms with E-state index in [1.807, 2.05) is 50.2 Å². The summed E-state index contributed by atoms with van der Waals surface area (Å²) in [5.74, 6) is -0.325. The molecule has 27 heavy (non-hydrogen) atoms. The molecule has 0 aromatic heterocycles. The number of benzene rings is 2. The zero-order valence-corrected chi connectivity index (χ0v) is 16.3. The monoisotopic (exact) mass is 381 g/mol. The molecule has 140 valence electrons. The molecule has 6 heteroatoms. The second kappa shape index (κ2) is 8.86. The first-order valence-corrected chi connectivity index (χ1v) is 9.82. The van der Waals surface area contributed by atoms with Crippen LogP contribution in [0.4, 0.5) is 5.69 Å². The Labute approximate surface area is 163 Å². The van der Waals surface area contributed by atoms with E-state index < -0.39 is 5.25 Å². The van der Waals surface area contributed by atoms with Gasteiger partial charge in [-0.25, -0.2) is 0 Å². The van der Waals surface area contributed by atoms with Crippen LogP contribution >= 0.6 is 11.8 Å².